The fraction of sp³-hybridized carbons (Fsp3) is 0.182. The number of amidine groups is 1. The quantitative estimate of drug-likeness (QED) is 0.132. The number of ketones is 1. The normalized spacial score (nSPS) is 11.3. The van der Waals surface area contributed by atoms with Gasteiger partial charge >= 0.3 is 0 Å². The van der Waals surface area contributed by atoms with Crippen LogP contribution in [0.2, 0.25) is 4.34 Å². The Morgan fingerprint density at radius 1 is 1.14 bits per heavy atom. The molecule has 0 amide bonds. The molecule has 0 aliphatic rings. The summed E-state index contributed by atoms with van der Waals surface area (Å²) >= 11 is 13.3. The number of hydrogen-bond acceptors (Lipinski definition) is 5. The van der Waals surface area contributed by atoms with Gasteiger partial charge in [-0.05, 0) is 61.9 Å². The van der Waals surface area contributed by atoms with Gasteiger partial charge in [-0.1, -0.05) is 61.2 Å². The van der Waals surface area contributed by atoms with Crippen LogP contribution >= 0.6 is 54.8 Å². The number of halogens is 5. The molecule has 35 heavy (non-hydrogen) atoms. The van der Waals surface area contributed by atoms with E-state index in [4.69, 9.17) is 21.9 Å². The third-order valence-electron chi connectivity index (χ3n) is 3.92. The van der Waals surface area contributed by atoms with E-state index < -0.39 is 22.3 Å². The molecule has 0 radical (unpaired) electrons. The number of carbonyl (C=O) groups excluding carboxylic acids is 1. The van der Waals surface area contributed by atoms with Crippen molar-refractivity contribution in [3.63, 3.8) is 0 Å². The van der Waals surface area contributed by atoms with Gasteiger partial charge in [0.1, 0.15) is 5.84 Å². The molecule has 0 bridgehead atoms. The minimum Gasteiger partial charge on any atom is -0.383 e. The highest BCUT2D eigenvalue weighted by Crippen LogP contribution is 2.25. The molecule has 3 N–H and O–H groups in total. The number of aryl methyl sites for hydroxylation is 2. The molecule has 0 fully saturated rings. The largest absolute Gasteiger partial charge is 0.383 e. The van der Waals surface area contributed by atoms with E-state index in [1.807, 2.05) is 44.2 Å². The predicted molar refractivity (Wildman–Crippen MR) is 144 cm³/mol. The second-order valence-corrected chi connectivity index (χ2v) is 11.3. The highest BCUT2D eigenvalue weighted by atomic mass is 79.9. The number of nitrogens with two attached hydrogens (primary N) is 1. The van der Waals surface area contributed by atoms with Gasteiger partial charge in [0, 0.05) is 4.47 Å². The summed E-state index contributed by atoms with van der Waals surface area (Å²) in [6, 6.07) is 15.6. The van der Waals surface area contributed by atoms with Gasteiger partial charge < -0.3 is 5.73 Å². The summed E-state index contributed by atoms with van der Waals surface area (Å²) in [5.74, 6) is -0.577. The summed E-state index contributed by atoms with van der Waals surface area (Å²) in [4.78, 5) is 14.9. The number of hydrogen-bond donors (Lipinski definition) is 2. The van der Waals surface area contributed by atoms with Crippen LogP contribution in [0.25, 0.3) is 0 Å². The first-order valence-corrected chi connectivity index (χ1v) is 14.1. The highest BCUT2D eigenvalue weighted by Gasteiger charge is 2.11. The van der Waals surface area contributed by atoms with Gasteiger partial charge in [-0.2, -0.15) is 8.42 Å². The van der Waals surface area contributed by atoms with Crippen molar-refractivity contribution in [3.05, 3.63) is 79.4 Å². The first-order chi connectivity index (χ1) is 16.2. The average molecular weight is 675 g/mol. The molecule has 3 aromatic rings. The summed E-state index contributed by atoms with van der Waals surface area (Å²) in [7, 11) is -4.02. The second kappa shape index (κ2) is 14.8. The third-order valence-corrected chi connectivity index (χ3v) is 7.09. The molecule has 0 aliphatic heterocycles. The Morgan fingerprint density at radius 3 is 2.14 bits per heavy atom. The lowest BCUT2D eigenvalue weighted by atomic mass is 10.2. The van der Waals surface area contributed by atoms with Crippen LogP contribution in [0.5, 0.6) is 0 Å². The van der Waals surface area contributed by atoms with E-state index in [-0.39, 0.29) is 10.2 Å². The van der Waals surface area contributed by atoms with E-state index in [1.54, 1.807) is 12.1 Å². The molecular formula is C22H21Br2ClF2N2O4S2. The lowest BCUT2D eigenvalue weighted by Crippen LogP contribution is -2.10. The molecule has 1 heterocycles. The molecule has 0 aliphatic carbocycles. The van der Waals surface area contributed by atoms with Gasteiger partial charge in [0.25, 0.3) is 16.5 Å². The maximum atomic E-state index is 11.0. The van der Waals surface area contributed by atoms with Crippen LogP contribution in [0.1, 0.15) is 16.0 Å². The van der Waals surface area contributed by atoms with Crippen molar-refractivity contribution in [1.82, 2.24) is 0 Å². The fourth-order valence-corrected chi connectivity index (χ4v) is 4.29. The number of carbonyl (C=O) groups is 1. The smallest absolute Gasteiger partial charge is 0.296 e. The Bertz CT molecular complexity index is 1270. The van der Waals surface area contributed by atoms with Crippen LogP contribution in [0, 0.1) is 13.8 Å². The lowest BCUT2D eigenvalue weighted by molar-refractivity contribution is -0.126. The van der Waals surface area contributed by atoms with E-state index in [0.29, 0.717) is 10.2 Å². The molecule has 0 saturated heterocycles. The van der Waals surface area contributed by atoms with E-state index in [9.17, 15) is 22.0 Å². The molecule has 2 aromatic carbocycles. The zero-order valence-electron chi connectivity index (χ0n) is 18.4. The average Bonchev–Trinajstić information content (AvgIpc) is 3.22. The van der Waals surface area contributed by atoms with E-state index in [1.165, 1.54) is 23.5 Å². The van der Waals surface area contributed by atoms with Gasteiger partial charge in [0.15, 0.2) is 0 Å². The maximum absolute atomic E-state index is 11.0. The molecule has 0 atom stereocenters. The van der Waals surface area contributed by atoms with Gasteiger partial charge in [-0.3, -0.25) is 9.35 Å². The summed E-state index contributed by atoms with van der Waals surface area (Å²) in [5, 5.41) is -0.259. The number of rotatable bonds is 5. The number of nitrogens with zero attached hydrogens (tertiary/aromatic N) is 1. The fourth-order valence-electron chi connectivity index (χ4n) is 2.15. The Hall–Kier alpha value is -1.70. The van der Waals surface area contributed by atoms with Crippen LogP contribution in [0.3, 0.4) is 0 Å². The Balaban J connectivity index is 0.000000293. The molecule has 13 heteroatoms. The van der Waals surface area contributed by atoms with Crippen molar-refractivity contribution < 1.29 is 26.5 Å². The van der Waals surface area contributed by atoms with Crippen LogP contribution in [0.15, 0.2) is 69.0 Å². The monoisotopic (exact) mass is 672 g/mol. The minimum absolute atomic E-state index is 0.0666. The van der Waals surface area contributed by atoms with Crippen LogP contribution in [-0.2, 0) is 14.9 Å². The van der Waals surface area contributed by atoms with E-state index in [2.05, 4.69) is 36.9 Å². The SMILES string of the molecule is Cc1cc(Br)ccc1N=C(N)c1ccc(Cl)s1.Cc1ccc(S(=O)(=O)O)cc1.O=C(CBr)C(F)F. The zero-order chi connectivity index (χ0) is 26.8. The minimum atomic E-state index is -4.02. The van der Waals surface area contributed by atoms with Crippen molar-refractivity contribution >= 4 is 82.2 Å². The van der Waals surface area contributed by atoms with Crippen molar-refractivity contribution in [2.24, 2.45) is 10.7 Å². The molecule has 0 unspecified atom stereocenters. The zero-order valence-corrected chi connectivity index (χ0v) is 23.9. The first kappa shape index (κ1) is 31.3. The molecule has 190 valence electrons. The molecule has 0 saturated carbocycles. The van der Waals surface area contributed by atoms with Crippen LogP contribution < -0.4 is 5.73 Å². The molecule has 6 nitrogen and oxygen atoms in total. The Labute approximate surface area is 228 Å². The van der Waals surface area contributed by atoms with E-state index in [0.717, 1.165) is 26.2 Å². The van der Waals surface area contributed by atoms with Crippen LogP contribution in [0.4, 0.5) is 14.5 Å². The van der Waals surface area contributed by atoms with Crippen molar-refractivity contribution in [1.29, 1.82) is 0 Å². The van der Waals surface area contributed by atoms with Crippen LogP contribution in [-0.4, -0.2) is 36.3 Å². The molecule has 0 spiro atoms. The Morgan fingerprint density at radius 2 is 1.74 bits per heavy atom. The standard InChI is InChI=1S/C12H10BrClN2S.C7H8O3S.C3H3BrF2O/c1-7-6-8(13)2-3-9(7)16-12(15)10-4-5-11(14)17-10;1-6-2-4-7(5-3-6)11(8,9)10;4-1-2(7)3(5)6/h2-6H,1H3,(H2,15,16);2-5H,1H3,(H,8,9,10);3H,1H2. The lowest BCUT2D eigenvalue weighted by Gasteiger charge is -2.02. The first-order valence-electron chi connectivity index (χ1n) is 9.51. The molecule has 1 aromatic heterocycles. The number of alkyl halides is 3. The highest BCUT2D eigenvalue weighted by molar-refractivity contribution is 9.10. The maximum Gasteiger partial charge on any atom is 0.296 e. The molecule has 3 rings (SSSR count). The third kappa shape index (κ3) is 11.7. The summed E-state index contributed by atoms with van der Waals surface area (Å²) in [5.41, 5.74) is 8.84. The van der Waals surface area contributed by atoms with Gasteiger partial charge in [-0.25, -0.2) is 13.8 Å². The van der Waals surface area contributed by atoms with Crippen molar-refractivity contribution in [3.8, 4) is 0 Å². The predicted octanol–water partition coefficient (Wildman–Crippen LogP) is 6.97. The second-order valence-electron chi connectivity index (χ2n) is 6.72. The number of thiophene rings is 1. The van der Waals surface area contributed by atoms with Crippen molar-refractivity contribution in [2.45, 2.75) is 25.2 Å². The number of benzene rings is 2. The van der Waals surface area contributed by atoms with E-state index >= 15 is 0 Å². The number of Topliss-reactive ketones (excluding diaryl/α,β-unsaturated/α-hetero) is 1. The van der Waals surface area contributed by atoms with Crippen molar-refractivity contribution in [2.75, 3.05) is 5.33 Å². The summed E-state index contributed by atoms with van der Waals surface area (Å²) in [6.07, 6.45) is -2.82. The molecular weight excluding hydrogens is 654 g/mol. The summed E-state index contributed by atoms with van der Waals surface area (Å²) < 4.78 is 53.4. The van der Waals surface area contributed by atoms with Gasteiger partial charge in [-0.15, -0.1) is 11.3 Å². The Kier molecular flexibility index (Phi) is 13.2. The van der Waals surface area contributed by atoms with Gasteiger partial charge in [0.2, 0.25) is 5.78 Å². The van der Waals surface area contributed by atoms with Gasteiger partial charge in [0.05, 0.1) is 25.1 Å². The summed E-state index contributed by atoms with van der Waals surface area (Å²) in [6.45, 7) is 3.84. The number of aliphatic imine (C=N–C) groups is 1. The topological polar surface area (TPSA) is 110 Å².